The second-order valence-corrected chi connectivity index (χ2v) is 8.46. The van der Waals surface area contributed by atoms with Crippen LogP contribution in [-0.2, 0) is 16.0 Å². The summed E-state index contributed by atoms with van der Waals surface area (Å²) in [5, 5.41) is 35.6. The minimum Gasteiger partial charge on any atom is -0.508 e. The molecular weight excluding hydrogens is 422 g/mol. The van der Waals surface area contributed by atoms with Crippen molar-refractivity contribution < 1.29 is 30.0 Å². The highest BCUT2D eigenvalue weighted by atomic mass is 16.4. The highest BCUT2D eigenvalue weighted by Crippen LogP contribution is 2.27. The zero-order valence-corrected chi connectivity index (χ0v) is 18.9. The third kappa shape index (κ3) is 9.89. The topological polar surface area (TPSA) is 118 Å². The first-order valence-electron chi connectivity index (χ1n) is 11.1. The third-order valence-electron chi connectivity index (χ3n) is 5.76. The van der Waals surface area contributed by atoms with Crippen molar-refractivity contribution in [3.63, 3.8) is 0 Å². The molecule has 7 nitrogen and oxygen atoms in total. The van der Waals surface area contributed by atoms with Crippen LogP contribution in [0.25, 0.3) is 0 Å². The molecule has 1 saturated heterocycles. The van der Waals surface area contributed by atoms with Gasteiger partial charge in [-0.15, -0.1) is 0 Å². The Labute approximate surface area is 194 Å². The van der Waals surface area contributed by atoms with Crippen LogP contribution in [0.5, 0.6) is 5.75 Å². The van der Waals surface area contributed by atoms with Crippen molar-refractivity contribution in [1.82, 2.24) is 4.90 Å². The standard InChI is InChI=1S/C22H29NO2.C4H4O4/c1-17(22(25)20-7-9-21(24)10-8-20)16-23-13-11-19(12-14-23)15-18-5-3-2-4-6-18;5-3(6)1-2-4(7)8/h2-10,17,19,22,24-25H,11-16H2,1H3;1-2H,(H,5,6)(H,7,8)/t17-,22+;/m1./s1. The molecule has 1 aliphatic rings. The lowest BCUT2D eigenvalue weighted by Crippen LogP contribution is -2.38. The molecule has 0 bridgehead atoms. The van der Waals surface area contributed by atoms with Gasteiger partial charge in [0.1, 0.15) is 5.75 Å². The number of piperidine rings is 1. The molecule has 0 amide bonds. The summed E-state index contributed by atoms with van der Waals surface area (Å²) in [5.74, 6) is -1.32. The van der Waals surface area contributed by atoms with Gasteiger partial charge in [-0.25, -0.2) is 9.59 Å². The first-order chi connectivity index (χ1) is 15.7. The number of nitrogens with zero attached hydrogens (tertiary/aromatic N) is 1. The van der Waals surface area contributed by atoms with Gasteiger partial charge in [0.25, 0.3) is 0 Å². The van der Waals surface area contributed by atoms with E-state index in [1.54, 1.807) is 12.1 Å². The number of carbonyl (C=O) groups is 2. The average Bonchev–Trinajstić information content (AvgIpc) is 2.80. The van der Waals surface area contributed by atoms with Crippen molar-refractivity contribution >= 4 is 11.9 Å². The summed E-state index contributed by atoms with van der Waals surface area (Å²) in [4.78, 5) is 21.6. The number of carboxylic acids is 2. The molecule has 1 aliphatic heterocycles. The Morgan fingerprint density at radius 2 is 1.52 bits per heavy atom. The minimum atomic E-state index is -1.26. The Balaban J connectivity index is 0.000000414. The van der Waals surface area contributed by atoms with Gasteiger partial charge in [0.2, 0.25) is 0 Å². The van der Waals surface area contributed by atoms with Gasteiger partial charge in [0, 0.05) is 18.7 Å². The van der Waals surface area contributed by atoms with Gasteiger partial charge in [-0.1, -0.05) is 49.4 Å². The van der Waals surface area contributed by atoms with Crippen molar-refractivity contribution in [3.8, 4) is 5.75 Å². The number of aliphatic hydroxyl groups excluding tert-OH is 1. The highest BCUT2D eigenvalue weighted by molar-refractivity contribution is 5.89. The van der Waals surface area contributed by atoms with Gasteiger partial charge in [-0.3, -0.25) is 0 Å². The van der Waals surface area contributed by atoms with Gasteiger partial charge >= 0.3 is 11.9 Å². The van der Waals surface area contributed by atoms with Gasteiger partial charge in [-0.05, 0) is 67.4 Å². The number of hydrogen-bond donors (Lipinski definition) is 4. The molecular formula is C26H33NO6. The van der Waals surface area contributed by atoms with E-state index >= 15 is 0 Å². The van der Waals surface area contributed by atoms with Crippen LogP contribution in [0.2, 0.25) is 0 Å². The number of carboxylic acid groups (broad SMARTS) is 2. The van der Waals surface area contributed by atoms with E-state index in [2.05, 4.69) is 42.2 Å². The number of aliphatic hydroxyl groups is 1. The Kier molecular flexibility index (Phi) is 10.6. The smallest absolute Gasteiger partial charge is 0.328 e. The molecule has 0 radical (unpaired) electrons. The zero-order valence-electron chi connectivity index (χ0n) is 18.9. The maximum Gasteiger partial charge on any atom is 0.328 e. The average molecular weight is 456 g/mol. The summed E-state index contributed by atoms with van der Waals surface area (Å²) < 4.78 is 0. The predicted molar refractivity (Wildman–Crippen MR) is 126 cm³/mol. The summed E-state index contributed by atoms with van der Waals surface area (Å²) in [6.45, 7) is 5.25. The zero-order chi connectivity index (χ0) is 24.2. The van der Waals surface area contributed by atoms with Gasteiger partial charge in [0.15, 0.2) is 0 Å². The Morgan fingerprint density at radius 3 is 2.03 bits per heavy atom. The molecule has 7 heteroatoms. The van der Waals surface area contributed by atoms with Crippen LogP contribution in [0.15, 0.2) is 66.7 Å². The van der Waals surface area contributed by atoms with Crippen LogP contribution >= 0.6 is 0 Å². The van der Waals surface area contributed by atoms with Crippen LogP contribution < -0.4 is 0 Å². The molecule has 2 aromatic rings. The summed E-state index contributed by atoms with van der Waals surface area (Å²) in [7, 11) is 0. The van der Waals surface area contributed by atoms with Crippen LogP contribution in [0, 0.1) is 11.8 Å². The molecule has 33 heavy (non-hydrogen) atoms. The fraction of sp³-hybridized carbons (Fsp3) is 0.385. The summed E-state index contributed by atoms with van der Waals surface area (Å²) in [6.07, 6.45) is 4.28. The molecule has 3 rings (SSSR count). The van der Waals surface area contributed by atoms with Crippen LogP contribution in [0.4, 0.5) is 0 Å². The minimum absolute atomic E-state index is 0.176. The summed E-state index contributed by atoms with van der Waals surface area (Å²) >= 11 is 0. The van der Waals surface area contributed by atoms with E-state index in [0.29, 0.717) is 12.2 Å². The van der Waals surface area contributed by atoms with Crippen LogP contribution in [0.1, 0.15) is 37.0 Å². The van der Waals surface area contributed by atoms with Gasteiger partial charge in [-0.2, -0.15) is 0 Å². The van der Waals surface area contributed by atoms with Crippen LogP contribution in [0.3, 0.4) is 0 Å². The first-order valence-corrected chi connectivity index (χ1v) is 11.1. The molecule has 0 saturated carbocycles. The third-order valence-corrected chi connectivity index (χ3v) is 5.76. The van der Waals surface area contributed by atoms with E-state index in [0.717, 1.165) is 31.1 Å². The van der Waals surface area contributed by atoms with Crippen LogP contribution in [-0.4, -0.2) is 56.9 Å². The Hall–Kier alpha value is -3.16. The lowest BCUT2D eigenvalue weighted by atomic mass is 9.89. The molecule has 0 aromatic heterocycles. The lowest BCUT2D eigenvalue weighted by molar-refractivity contribution is -0.134. The van der Waals surface area contributed by atoms with Crippen molar-refractivity contribution in [1.29, 1.82) is 0 Å². The van der Waals surface area contributed by atoms with Crippen molar-refractivity contribution in [3.05, 3.63) is 77.9 Å². The highest BCUT2D eigenvalue weighted by Gasteiger charge is 2.24. The van der Waals surface area contributed by atoms with E-state index in [-0.39, 0.29) is 11.7 Å². The van der Waals surface area contributed by atoms with E-state index in [1.807, 2.05) is 12.1 Å². The number of phenols is 1. The number of benzene rings is 2. The second-order valence-electron chi connectivity index (χ2n) is 8.46. The SMILES string of the molecule is C[C@H](CN1CCC(Cc2ccccc2)CC1)[C@H](O)c1ccc(O)cc1.O=C(O)C=CC(=O)O. The van der Waals surface area contributed by atoms with E-state index in [9.17, 15) is 19.8 Å². The number of rotatable bonds is 8. The fourth-order valence-corrected chi connectivity index (χ4v) is 3.97. The maximum absolute atomic E-state index is 10.5. The molecule has 178 valence electrons. The number of aliphatic carboxylic acids is 2. The number of phenolic OH excluding ortho intramolecular Hbond substituents is 1. The Morgan fingerprint density at radius 1 is 0.970 bits per heavy atom. The molecule has 0 aliphatic carbocycles. The molecule has 2 atom stereocenters. The van der Waals surface area contributed by atoms with E-state index in [1.165, 1.54) is 24.8 Å². The fourth-order valence-electron chi connectivity index (χ4n) is 3.97. The number of likely N-dealkylation sites (tertiary alicyclic amines) is 1. The van der Waals surface area contributed by atoms with Crippen molar-refractivity contribution in [2.45, 2.75) is 32.3 Å². The van der Waals surface area contributed by atoms with E-state index < -0.39 is 18.0 Å². The largest absolute Gasteiger partial charge is 0.508 e. The molecule has 0 unspecified atom stereocenters. The van der Waals surface area contributed by atoms with Crippen molar-refractivity contribution in [2.75, 3.05) is 19.6 Å². The van der Waals surface area contributed by atoms with Gasteiger partial charge in [0.05, 0.1) is 6.10 Å². The summed E-state index contributed by atoms with van der Waals surface area (Å²) in [5.41, 5.74) is 2.32. The van der Waals surface area contributed by atoms with E-state index in [4.69, 9.17) is 10.2 Å². The van der Waals surface area contributed by atoms with Gasteiger partial charge < -0.3 is 25.3 Å². The molecule has 1 heterocycles. The molecule has 4 N–H and O–H groups in total. The Bertz CT molecular complexity index is 873. The van der Waals surface area contributed by atoms with Crippen molar-refractivity contribution in [2.24, 2.45) is 11.8 Å². The normalized spacial score (nSPS) is 16.5. The quantitative estimate of drug-likeness (QED) is 0.448. The molecule has 1 fully saturated rings. The first kappa shape index (κ1) is 26.1. The summed E-state index contributed by atoms with van der Waals surface area (Å²) in [6, 6.07) is 17.7. The maximum atomic E-state index is 10.5. The number of hydrogen-bond acceptors (Lipinski definition) is 5. The second kappa shape index (κ2) is 13.4. The molecule has 2 aromatic carbocycles. The monoisotopic (exact) mass is 455 g/mol. The lowest BCUT2D eigenvalue weighted by Gasteiger charge is -2.34. The predicted octanol–water partition coefficient (Wildman–Crippen LogP) is 3.73. The number of aromatic hydroxyl groups is 1. The molecule has 0 spiro atoms.